The highest BCUT2D eigenvalue weighted by Crippen LogP contribution is 2.26. The van der Waals surface area contributed by atoms with Crippen molar-refractivity contribution >= 4 is 0 Å². The van der Waals surface area contributed by atoms with Crippen molar-refractivity contribution < 1.29 is 4.74 Å². The number of rotatable bonds is 6. The fourth-order valence-corrected chi connectivity index (χ4v) is 1.31. The fourth-order valence-electron chi connectivity index (χ4n) is 1.31. The first kappa shape index (κ1) is 12.9. The van der Waals surface area contributed by atoms with Gasteiger partial charge in [-0.2, -0.15) is 0 Å². The van der Waals surface area contributed by atoms with E-state index < -0.39 is 0 Å². The smallest absolute Gasteiger partial charge is 0.0623 e. The van der Waals surface area contributed by atoms with Crippen LogP contribution in [-0.4, -0.2) is 26.3 Å². The molecule has 0 aliphatic rings. The lowest BCUT2D eigenvalue weighted by Crippen LogP contribution is -2.31. The molecule has 80 valence electrons. The number of hydrogen-bond donors (Lipinski definition) is 1. The molecule has 0 saturated carbocycles. The van der Waals surface area contributed by atoms with Gasteiger partial charge in [0, 0.05) is 7.11 Å². The first-order valence-corrected chi connectivity index (χ1v) is 5.03. The minimum atomic E-state index is 0.0189. The Morgan fingerprint density at radius 1 is 1.08 bits per heavy atom. The lowest BCUT2D eigenvalue weighted by molar-refractivity contribution is 0.00601. The monoisotopic (exact) mass is 187 g/mol. The lowest BCUT2D eigenvalue weighted by Gasteiger charge is -2.30. The normalized spacial score (nSPS) is 13.4. The summed E-state index contributed by atoms with van der Waals surface area (Å²) in [6, 6.07) is 0. The first-order chi connectivity index (χ1) is 5.83. The summed E-state index contributed by atoms with van der Waals surface area (Å²) in [5.74, 6) is 0. The minimum Gasteiger partial charge on any atom is -0.379 e. The van der Waals surface area contributed by atoms with Crippen LogP contribution in [0.2, 0.25) is 0 Å². The van der Waals surface area contributed by atoms with Crippen LogP contribution in [-0.2, 0) is 4.74 Å². The van der Waals surface area contributed by atoms with Gasteiger partial charge in [0.2, 0.25) is 0 Å². The lowest BCUT2D eigenvalue weighted by atomic mass is 9.84. The van der Waals surface area contributed by atoms with Gasteiger partial charge in [0.25, 0.3) is 0 Å². The molecule has 1 N–H and O–H groups in total. The van der Waals surface area contributed by atoms with Crippen LogP contribution in [0.1, 0.15) is 40.5 Å². The van der Waals surface area contributed by atoms with Gasteiger partial charge in [0.15, 0.2) is 0 Å². The van der Waals surface area contributed by atoms with Crippen molar-refractivity contribution in [2.45, 2.75) is 46.1 Å². The number of hydrogen-bond acceptors (Lipinski definition) is 2. The summed E-state index contributed by atoms with van der Waals surface area (Å²) in [5.41, 5.74) is 0.384. The summed E-state index contributed by atoms with van der Waals surface area (Å²) in [6.45, 7) is 9.92. The van der Waals surface area contributed by atoms with Crippen molar-refractivity contribution in [3.63, 3.8) is 0 Å². The van der Waals surface area contributed by atoms with Gasteiger partial charge in [-0.3, -0.25) is 0 Å². The standard InChI is InChI=1S/C11H25NO/c1-10(2,9-12-5)7-8-11(3,4)13-6/h12H,7-9H2,1-6H3. The van der Waals surface area contributed by atoms with Crippen LogP contribution in [0.5, 0.6) is 0 Å². The molecule has 2 nitrogen and oxygen atoms in total. The second kappa shape index (κ2) is 4.97. The minimum absolute atomic E-state index is 0.0189. The third-order valence-corrected chi connectivity index (χ3v) is 2.61. The van der Waals surface area contributed by atoms with Gasteiger partial charge in [-0.15, -0.1) is 0 Å². The van der Waals surface area contributed by atoms with Crippen molar-refractivity contribution in [1.29, 1.82) is 0 Å². The summed E-state index contributed by atoms with van der Waals surface area (Å²) in [7, 11) is 3.79. The number of methoxy groups -OCH3 is 1. The molecule has 0 unspecified atom stereocenters. The summed E-state index contributed by atoms with van der Waals surface area (Å²) in [4.78, 5) is 0. The molecule has 2 heteroatoms. The Labute approximate surface area is 83.1 Å². The quantitative estimate of drug-likeness (QED) is 0.689. The topological polar surface area (TPSA) is 21.3 Å². The Morgan fingerprint density at radius 3 is 2.00 bits per heavy atom. The Morgan fingerprint density at radius 2 is 1.62 bits per heavy atom. The Hall–Kier alpha value is -0.0800. The molecular formula is C11H25NO. The van der Waals surface area contributed by atoms with Gasteiger partial charge in [-0.05, 0) is 45.7 Å². The fraction of sp³-hybridized carbons (Fsp3) is 1.00. The molecule has 0 amide bonds. The molecule has 0 atom stereocenters. The predicted molar refractivity (Wildman–Crippen MR) is 58.0 cm³/mol. The number of nitrogens with one attached hydrogen (secondary N) is 1. The van der Waals surface area contributed by atoms with Crippen LogP contribution in [0.3, 0.4) is 0 Å². The average molecular weight is 187 g/mol. The highest BCUT2D eigenvalue weighted by molar-refractivity contribution is 4.76. The molecule has 0 spiro atoms. The molecular weight excluding hydrogens is 162 g/mol. The van der Waals surface area contributed by atoms with E-state index >= 15 is 0 Å². The van der Waals surface area contributed by atoms with E-state index in [9.17, 15) is 0 Å². The van der Waals surface area contributed by atoms with Crippen LogP contribution in [0.15, 0.2) is 0 Å². The highest BCUT2D eigenvalue weighted by Gasteiger charge is 2.23. The van der Waals surface area contributed by atoms with Crippen LogP contribution in [0, 0.1) is 5.41 Å². The molecule has 13 heavy (non-hydrogen) atoms. The molecule has 0 rings (SSSR count). The van der Waals surface area contributed by atoms with Gasteiger partial charge in [0.05, 0.1) is 5.60 Å². The largest absolute Gasteiger partial charge is 0.379 e. The second-order valence-corrected chi connectivity index (χ2v) is 5.16. The van der Waals surface area contributed by atoms with E-state index in [4.69, 9.17) is 4.74 Å². The molecule has 0 aromatic carbocycles. The molecule has 0 aliphatic carbocycles. The third kappa shape index (κ3) is 6.05. The van der Waals surface area contributed by atoms with E-state index in [2.05, 4.69) is 33.0 Å². The zero-order valence-electron chi connectivity index (χ0n) is 10.0. The van der Waals surface area contributed by atoms with Gasteiger partial charge >= 0.3 is 0 Å². The van der Waals surface area contributed by atoms with Gasteiger partial charge in [-0.1, -0.05) is 13.8 Å². The van der Waals surface area contributed by atoms with Crippen molar-refractivity contribution in [3.05, 3.63) is 0 Å². The van der Waals surface area contributed by atoms with Gasteiger partial charge < -0.3 is 10.1 Å². The van der Waals surface area contributed by atoms with E-state index in [-0.39, 0.29) is 5.60 Å². The molecule has 0 radical (unpaired) electrons. The Kier molecular flexibility index (Phi) is 4.93. The molecule has 0 bridgehead atoms. The second-order valence-electron chi connectivity index (χ2n) is 5.16. The summed E-state index contributed by atoms with van der Waals surface area (Å²) < 4.78 is 5.39. The predicted octanol–water partition coefficient (Wildman–Crippen LogP) is 2.44. The van der Waals surface area contributed by atoms with E-state index in [0.29, 0.717) is 5.41 Å². The van der Waals surface area contributed by atoms with E-state index in [1.807, 2.05) is 7.05 Å². The van der Waals surface area contributed by atoms with Crippen LogP contribution >= 0.6 is 0 Å². The third-order valence-electron chi connectivity index (χ3n) is 2.61. The Bertz CT molecular complexity index is 141. The molecule has 0 aromatic rings. The molecule has 0 aromatic heterocycles. The first-order valence-electron chi connectivity index (χ1n) is 5.03. The summed E-state index contributed by atoms with van der Waals surface area (Å²) in [6.07, 6.45) is 2.30. The van der Waals surface area contributed by atoms with Gasteiger partial charge in [-0.25, -0.2) is 0 Å². The molecule has 0 aliphatic heterocycles. The van der Waals surface area contributed by atoms with Crippen LogP contribution in [0.25, 0.3) is 0 Å². The van der Waals surface area contributed by atoms with Gasteiger partial charge in [0.1, 0.15) is 0 Å². The average Bonchev–Trinajstić information content (AvgIpc) is 2.02. The zero-order valence-corrected chi connectivity index (χ0v) is 10.0. The van der Waals surface area contributed by atoms with Crippen molar-refractivity contribution in [2.75, 3.05) is 20.7 Å². The Balaban J connectivity index is 3.86. The zero-order chi connectivity index (χ0) is 10.5. The molecule has 0 saturated heterocycles. The maximum absolute atomic E-state index is 5.39. The van der Waals surface area contributed by atoms with Crippen LogP contribution in [0.4, 0.5) is 0 Å². The maximum atomic E-state index is 5.39. The SMILES string of the molecule is CNCC(C)(C)CCC(C)(C)OC. The molecule has 0 fully saturated rings. The molecule has 0 heterocycles. The summed E-state index contributed by atoms with van der Waals surface area (Å²) in [5, 5.41) is 3.22. The van der Waals surface area contributed by atoms with Crippen molar-refractivity contribution in [3.8, 4) is 0 Å². The summed E-state index contributed by atoms with van der Waals surface area (Å²) >= 11 is 0. The van der Waals surface area contributed by atoms with Crippen molar-refractivity contribution in [1.82, 2.24) is 5.32 Å². The van der Waals surface area contributed by atoms with E-state index in [1.165, 1.54) is 6.42 Å². The highest BCUT2D eigenvalue weighted by atomic mass is 16.5. The maximum Gasteiger partial charge on any atom is 0.0623 e. The van der Waals surface area contributed by atoms with E-state index in [1.54, 1.807) is 7.11 Å². The van der Waals surface area contributed by atoms with Crippen LogP contribution < -0.4 is 5.32 Å². The van der Waals surface area contributed by atoms with Crippen molar-refractivity contribution in [2.24, 2.45) is 5.41 Å². The number of ether oxygens (including phenoxy) is 1. The van der Waals surface area contributed by atoms with E-state index in [0.717, 1.165) is 13.0 Å².